The molecule has 0 saturated heterocycles. The number of hydrogen-bond donors (Lipinski definition) is 1. The van der Waals surface area contributed by atoms with Crippen LogP contribution in [0.25, 0.3) is 0 Å². The van der Waals surface area contributed by atoms with E-state index in [0.29, 0.717) is 0 Å². The number of hydrogen-bond acceptors (Lipinski definition) is 2. The number of allylic oxidation sites excluding steroid dienone is 1. The van der Waals surface area contributed by atoms with Crippen LogP contribution in [0.2, 0.25) is 0 Å². The van der Waals surface area contributed by atoms with Gasteiger partial charge in [0.05, 0.1) is 6.34 Å². The topological polar surface area (TPSA) is 41.6 Å². The second-order valence-corrected chi connectivity index (χ2v) is 3.20. The molecule has 0 spiro atoms. The van der Waals surface area contributed by atoms with E-state index < -0.39 is 0 Å². The van der Waals surface area contributed by atoms with E-state index >= 15 is 0 Å². The zero-order chi connectivity index (χ0) is 9.40. The molecule has 0 rings (SSSR count). The van der Waals surface area contributed by atoms with Crippen molar-refractivity contribution in [2.24, 2.45) is 10.7 Å². The van der Waals surface area contributed by atoms with E-state index in [1.807, 2.05) is 25.1 Å². The largest absolute Gasteiger partial charge is 0.390 e. The molecule has 12 heavy (non-hydrogen) atoms. The molecular formula is C8H16N3P. The van der Waals surface area contributed by atoms with Crippen LogP contribution < -0.4 is 5.73 Å². The summed E-state index contributed by atoms with van der Waals surface area (Å²) in [5.74, 6) is 0. The van der Waals surface area contributed by atoms with Crippen molar-refractivity contribution in [2.45, 2.75) is 13.1 Å². The van der Waals surface area contributed by atoms with Gasteiger partial charge in [-0.05, 0) is 13.1 Å². The van der Waals surface area contributed by atoms with Gasteiger partial charge in [-0.2, -0.15) is 0 Å². The summed E-state index contributed by atoms with van der Waals surface area (Å²) in [6.45, 7) is 1.98. The lowest BCUT2D eigenvalue weighted by Crippen LogP contribution is -2.22. The fourth-order valence-corrected chi connectivity index (χ4v) is 0.886. The van der Waals surface area contributed by atoms with Crippen molar-refractivity contribution in [3.8, 4) is 0 Å². The molecule has 1 atom stereocenters. The van der Waals surface area contributed by atoms with E-state index in [0.717, 1.165) is 14.4 Å². The third kappa shape index (κ3) is 4.91. The Balaban J connectivity index is 3.84. The first kappa shape index (κ1) is 11.2. The van der Waals surface area contributed by atoms with E-state index in [-0.39, 0.29) is 6.17 Å². The maximum absolute atomic E-state index is 5.17. The summed E-state index contributed by atoms with van der Waals surface area (Å²) in [5.41, 5.74) is 5.17. The molecule has 4 heteroatoms. The van der Waals surface area contributed by atoms with Gasteiger partial charge in [-0.1, -0.05) is 12.4 Å². The van der Waals surface area contributed by atoms with Gasteiger partial charge in [-0.3, -0.25) is 4.99 Å². The van der Waals surface area contributed by atoms with Gasteiger partial charge in [-0.15, -0.1) is 8.20 Å². The fraction of sp³-hybridized carbons (Fsp3) is 0.500. The van der Waals surface area contributed by atoms with Gasteiger partial charge in [0.25, 0.3) is 0 Å². The van der Waals surface area contributed by atoms with Crippen molar-refractivity contribution in [3.63, 3.8) is 0 Å². The molecule has 0 aliphatic rings. The van der Waals surface area contributed by atoms with Gasteiger partial charge in [0.2, 0.25) is 0 Å². The summed E-state index contributed by atoms with van der Waals surface area (Å²) in [6.07, 6.45) is 10.2. The highest BCUT2D eigenvalue weighted by Crippen LogP contribution is 1.98. The molecule has 0 fully saturated rings. The zero-order valence-corrected chi connectivity index (χ0v) is 8.54. The van der Waals surface area contributed by atoms with Gasteiger partial charge in [0, 0.05) is 13.2 Å². The van der Waals surface area contributed by atoms with Crippen LogP contribution in [0.5, 0.6) is 0 Å². The molecule has 0 aliphatic heterocycles. The maximum atomic E-state index is 5.17. The van der Waals surface area contributed by atoms with Crippen molar-refractivity contribution in [1.29, 1.82) is 0 Å². The van der Waals surface area contributed by atoms with E-state index in [4.69, 9.17) is 5.73 Å². The summed E-state index contributed by atoms with van der Waals surface area (Å²) in [7, 11) is 3.10. The van der Waals surface area contributed by atoms with Gasteiger partial charge in [0.1, 0.15) is 6.17 Å². The van der Waals surface area contributed by atoms with E-state index in [1.165, 1.54) is 6.34 Å². The van der Waals surface area contributed by atoms with Gasteiger partial charge in [-0.25, -0.2) is 0 Å². The third-order valence-corrected chi connectivity index (χ3v) is 1.94. The molecule has 0 heterocycles. The first-order chi connectivity index (χ1) is 5.72. The number of rotatable bonds is 5. The molecule has 0 radical (unpaired) electrons. The molecule has 0 aliphatic carbocycles. The molecule has 1 unspecified atom stereocenters. The van der Waals surface area contributed by atoms with Crippen LogP contribution in [0, 0.1) is 0 Å². The molecule has 0 aromatic carbocycles. The smallest absolute Gasteiger partial charge is 0.119 e. The Labute approximate surface area is 75.8 Å². The van der Waals surface area contributed by atoms with Crippen LogP contribution in [0.4, 0.5) is 0 Å². The summed E-state index contributed by atoms with van der Waals surface area (Å²) in [6, 6.07) is 0. The van der Waals surface area contributed by atoms with Crippen molar-refractivity contribution < 1.29 is 0 Å². The lowest BCUT2D eigenvalue weighted by Gasteiger charge is -2.18. The van der Waals surface area contributed by atoms with Crippen LogP contribution in [-0.2, 0) is 0 Å². The molecule has 68 valence electrons. The second kappa shape index (κ2) is 6.86. The first-order valence-corrected chi connectivity index (χ1v) is 5.03. The summed E-state index contributed by atoms with van der Waals surface area (Å²) in [5, 5.41) is 0. The van der Waals surface area contributed by atoms with Crippen molar-refractivity contribution in [2.75, 3.05) is 13.2 Å². The van der Waals surface area contributed by atoms with Crippen LogP contribution >= 0.6 is 8.20 Å². The Hall–Kier alpha value is -0.820. The van der Waals surface area contributed by atoms with Crippen LogP contribution in [0.15, 0.2) is 17.3 Å². The number of aliphatic imine (C=N–C) groups is 1. The highest BCUT2D eigenvalue weighted by atomic mass is 31.1. The van der Waals surface area contributed by atoms with Crippen molar-refractivity contribution in [3.05, 3.63) is 12.3 Å². The minimum Gasteiger partial charge on any atom is -0.390 e. The van der Waals surface area contributed by atoms with Crippen molar-refractivity contribution >= 4 is 20.8 Å². The van der Waals surface area contributed by atoms with Crippen LogP contribution in [-0.4, -0.2) is 36.9 Å². The van der Waals surface area contributed by atoms with Gasteiger partial charge < -0.3 is 10.6 Å². The molecule has 2 N–H and O–H groups in total. The normalized spacial score (nSPS) is 14.5. The Bertz CT molecular complexity index is 177. The van der Waals surface area contributed by atoms with E-state index in [1.54, 1.807) is 0 Å². The minimum atomic E-state index is 0.104. The van der Waals surface area contributed by atoms with Crippen LogP contribution in [0.1, 0.15) is 6.92 Å². The molecule has 0 aromatic rings. The highest BCUT2D eigenvalue weighted by Gasteiger charge is 1.98. The fourth-order valence-electron chi connectivity index (χ4n) is 0.642. The Morgan fingerprint density at radius 3 is 2.92 bits per heavy atom. The number of nitrogens with two attached hydrogens (primary N) is 1. The lowest BCUT2D eigenvalue weighted by molar-refractivity contribution is 0.363. The zero-order valence-electron chi connectivity index (χ0n) is 7.64. The predicted octanol–water partition coefficient (Wildman–Crippen LogP) is 1.14. The monoisotopic (exact) mass is 185 g/mol. The predicted molar refractivity (Wildman–Crippen MR) is 58.0 cm³/mol. The first-order valence-electron chi connectivity index (χ1n) is 3.76. The number of nitrogens with zero attached hydrogens (tertiary/aromatic N) is 2. The maximum Gasteiger partial charge on any atom is 0.119 e. The molecule has 0 amide bonds. The van der Waals surface area contributed by atoms with Gasteiger partial charge in [0.15, 0.2) is 0 Å². The Morgan fingerprint density at radius 1 is 1.75 bits per heavy atom. The summed E-state index contributed by atoms with van der Waals surface area (Å²) >= 11 is 0. The standard InChI is InChI=1S/C8H16N3P/c1-8(10-7-9)11(2)5-4-6-12-3/h4-5,7-8H,3,6H2,1-2H3,(H2,9,10)/b5-4-. The Kier molecular flexibility index (Phi) is 6.39. The molecule has 0 aromatic heterocycles. The quantitative estimate of drug-likeness (QED) is 0.396. The minimum absolute atomic E-state index is 0.104. The van der Waals surface area contributed by atoms with Crippen molar-refractivity contribution in [1.82, 2.24) is 4.90 Å². The molecule has 0 saturated carbocycles. The third-order valence-electron chi connectivity index (χ3n) is 1.47. The molecular weight excluding hydrogens is 169 g/mol. The SMILES string of the molecule is C=PC/C=C\N(C)C(C)/N=C\N. The Morgan fingerprint density at radius 2 is 2.42 bits per heavy atom. The van der Waals surface area contributed by atoms with E-state index in [9.17, 15) is 0 Å². The summed E-state index contributed by atoms with van der Waals surface area (Å²) in [4.78, 5) is 6.01. The average molecular weight is 185 g/mol. The van der Waals surface area contributed by atoms with E-state index in [2.05, 4.69) is 17.4 Å². The average Bonchev–Trinajstić information content (AvgIpc) is 2.05. The lowest BCUT2D eigenvalue weighted by atomic mass is 10.5. The summed E-state index contributed by atoms with van der Waals surface area (Å²) < 4.78 is 0. The van der Waals surface area contributed by atoms with Crippen LogP contribution in [0.3, 0.4) is 0 Å². The highest BCUT2D eigenvalue weighted by molar-refractivity contribution is 7.36. The van der Waals surface area contributed by atoms with Gasteiger partial charge >= 0.3 is 0 Å². The molecule has 3 nitrogen and oxygen atoms in total. The molecule has 0 bridgehead atoms. The second-order valence-electron chi connectivity index (χ2n) is 2.39.